The number of aliphatic hydroxyl groups is 1. The molecule has 0 radical (unpaired) electrons. The van der Waals surface area contributed by atoms with E-state index in [0.29, 0.717) is 19.7 Å². The van der Waals surface area contributed by atoms with Crippen LogP contribution in [0.3, 0.4) is 0 Å². The van der Waals surface area contributed by atoms with E-state index in [1.807, 2.05) is 11.8 Å². The highest BCUT2D eigenvalue weighted by Gasteiger charge is 2.26. The van der Waals surface area contributed by atoms with Crippen molar-refractivity contribution in [2.24, 2.45) is 11.8 Å². The van der Waals surface area contributed by atoms with E-state index in [1.165, 1.54) is 0 Å². The van der Waals surface area contributed by atoms with Crippen LogP contribution in [0.4, 0.5) is 0 Å². The average molecular weight is 286 g/mol. The van der Waals surface area contributed by atoms with E-state index in [1.54, 1.807) is 6.92 Å². The second-order valence-electron chi connectivity index (χ2n) is 5.39. The molecule has 0 aromatic rings. The third-order valence-electron chi connectivity index (χ3n) is 3.55. The Morgan fingerprint density at radius 1 is 1.40 bits per heavy atom. The molecule has 1 rings (SSSR count). The minimum atomic E-state index is -0.202. The number of hydrogen-bond donors (Lipinski definition) is 2. The molecular formula is C14H26N2O4. The molecule has 0 aromatic heterocycles. The van der Waals surface area contributed by atoms with Crippen LogP contribution in [0.2, 0.25) is 0 Å². The summed E-state index contributed by atoms with van der Waals surface area (Å²) in [4.78, 5) is 25.3. The first kappa shape index (κ1) is 16.9. The fraction of sp³-hybridized carbons (Fsp3) is 0.857. The fourth-order valence-corrected chi connectivity index (χ4v) is 2.23. The number of esters is 1. The third-order valence-corrected chi connectivity index (χ3v) is 3.55. The second-order valence-corrected chi connectivity index (χ2v) is 5.39. The van der Waals surface area contributed by atoms with Gasteiger partial charge in [0.1, 0.15) is 0 Å². The van der Waals surface area contributed by atoms with Gasteiger partial charge in [-0.3, -0.25) is 14.5 Å². The van der Waals surface area contributed by atoms with Crippen LogP contribution < -0.4 is 5.32 Å². The SMILES string of the molecule is CCOC(=O)CN1CCC(C(=O)NCC(C)CO)CC1. The Hall–Kier alpha value is -1.14. The largest absolute Gasteiger partial charge is 0.465 e. The van der Waals surface area contributed by atoms with Crippen molar-refractivity contribution in [3.8, 4) is 0 Å². The van der Waals surface area contributed by atoms with Crippen molar-refractivity contribution in [3.63, 3.8) is 0 Å². The van der Waals surface area contributed by atoms with Crippen molar-refractivity contribution in [1.82, 2.24) is 10.2 Å². The number of carbonyl (C=O) groups is 2. The van der Waals surface area contributed by atoms with Crippen LogP contribution in [-0.2, 0) is 14.3 Å². The van der Waals surface area contributed by atoms with Crippen molar-refractivity contribution in [3.05, 3.63) is 0 Å². The Kier molecular flexibility index (Phi) is 7.54. The van der Waals surface area contributed by atoms with Gasteiger partial charge in [0, 0.05) is 19.1 Å². The lowest BCUT2D eigenvalue weighted by molar-refractivity contribution is -0.144. The molecule has 20 heavy (non-hydrogen) atoms. The van der Waals surface area contributed by atoms with E-state index in [0.717, 1.165) is 25.9 Å². The minimum Gasteiger partial charge on any atom is -0.465 e. The molecule has 1 amide bonds. The molecule has 1 aliphatic rings. The lowest BCUT2D eigenvalue weighted by Gasteiger charge is -2.30. The number of aliphatic hydroxyl groups excluding tert-OH is 1. The number of nitrogens with zero attached hydrogens (tertiary/aromatic N) is 1. The Balaban J connectivity index is 2.24. The van der Waals surface area contributed by atoms with E-state index in [4.69, 9.17) is 9.84 Å². The summed E-state index contributed by atoms with van der Waals surface area (Å²) >= 11 is 0. The molecular weight excluding hydrogens is 260 g/mol. The first-order valence-electron chi connectivity index (χ1n) is 7.33. The summed E-state index contributed by atoms with van der Waals surface area (Å²) < 4.78 is 4.91. The van der Waals surface area contributed by atoms with Gasteiger partial charge >= 0.3 is 5.97 Å². The minimum absolute atomic E-state index is 0.0133. The number of likely N-dealkylation sites (tertiary alicyclic amines) is 1. The lowest BCUT2D eigenvalue weighted by atomic mass is 9.95. The monoisotopic (exact) mass is 286 g/mol. The van der Waals surface area contributed by atoms with E-state index in [2.05, 4.69) is 5.32 Å². The molecule has 1 fully saturated rings. The van der Waals surface area contributed by atoms with Gasteiger partial charge in [-0.05, 0) is 38.8 Å². The number of nitrogens with one attached hydrogen (secondary N) is 1. The molecule has 6 heteroatoms. The van der Waals surface area contributed by atoms with Crippen molar-refractivity contribution in [2.45, 2.75) is 26.7 Å². The normalized spacial score (nSPS) is 18.6. The summed E-state index contributed by atoms with van der Waals surface area (Å²) in [6, 6.07) is 0. The number of ether oxygens (including phenoxy) is 1. The molecule has 1 aliphatic heterocycles. The van der Waals surface area contributed by atoms with Crippen LogP contribution in [0.25, 0.3) is 0 Å². The third kappa shape index (κ3) is 5.88. The van der Waals surface area contributed by atoms with Gasteiger partial charge in [-0.25, -0.2) is 0 Å². The molecule has 0 spiro atoms. The molecule has 6 nitrogen and oxygen atoms in total. The van der Waals surface area contributed by atoms with Crippen molar-refractivity contribution in [2.75, 3.05) is 39.4 Å². The molecule has 0 bridgehead atoms. The molecule has 1 heterocycles. The van der Waals surface area contributed by atoms with Gasteiger partial charge < -0.3 is 15.2 Å². The maximum absolute atomic E-state index is 11.9. The van der Waals surface area contributed by atoms with Crippen molar-refractivity contribution >= 4 is 11.9 Å². The fourth-order valence-electron chi connectivity index (χ4n) is 2.23. The molecule has 116 valence electrons. The predicted molar refractivity (Wildman–Crippen MR) is 75.1 cm³/mol. The Morgan fingerprint density at radius 2 is 2.05 bits per heavy atom. The van der Waals surface area contributed by atoms with Crippen LogP contribution in [0.1, 0.15) is 26.7 Å². The molecule has 1 saturated heterocycles. The Bertz CT molecular complexity index is 314. The maximum Gasteiger partial charge on any atom is 0.320 e. The first-order chi connectivity index (χ1) is 9.56. The zero-order chi connectivity index (χ0) is 15.0. The zero-order valence-electron chi connectivity index (χ0n) is 12.4. The summed E-state index contributed by atoms with van der Waals surface area (Å²) in [6.07, 6.45) is 1.53. The summed E-state index contributed by atoms with van der Waals surface area (Å²) in [6.45, 7) is 6.48. The van der Waals surface area contributed by atoms with E-state index >= 15 is 0 Å². The number of amides is 1. The molecule has 2 N–H and O–H groups in total. The van der Waals surface area contributed by atoms with Gasteiger partial charge in [0.05, 0.1) is 13.2 Å². The van der Waals surface area contributed by atoms with E-state index in [-0.39, 0.29) is 30.3 Å². The summed E-state index contributed by atoms with van der Waals surface area (Å²) in [5, 5.41) is 11.8. The van der Waals surface area contributed by atoms with E-state index < -0.39 is 0 Å². The van der Waals surface area contributed by atoms with Crippen LogP contribution in [0.15, 0.2) is 0 Å². The number of carbonyl (C=O) groups excluding carboxylic acids is 2. The quantitative estimate of drug-likeness (QED) is 0.644. The van der Waals surface area contributed by atoms with Crippen LogP contribution in [0, 0.1) is 11.8 Å². The maximum atomic E-state index is 11.9. The van der Waals surface area contributed by atoms with Crippen LogP contribution >= 0.6 is 0 Å². The number of rotatable bonds is 7. The van der Waals surface area contributed by atoms with Gasteiger partial charge in [0.25, 0.3) is 0 Å². The number of piperidine rings is 1. The van der Waals surface area contributed by atoms with Crippen LogP contribution in [0.5, 0.6) is 0 Å². The highest BCUT2D eigenvalue weighted by Crippen LogP contribution is 2.17. The molecule has 0 aliphatic carbocycles. The molecule has 1 atom stereocenters. The van der Waals surface area contributed by atoms with E-state index in [9.17, 15) is 9.59 Å². The zero-order valence-corrected chi connectivity index (χ0v) is 12.4. The van der Waals surface area contributed by atoms with Crippen molar-refractivity contribution < 1.29 is 19.4 Å². The second kappa shape index (κ2) is 8.92. The van der Waals surface area contributed by atoms with Gasteiger partial charge in [-0.1, -0.05) is 6.92 Å². The highest BCUT2D eigenvalue weighted by molar-refractivity contribution is 5.78. The molecule has 1 unspecified atom stereocenters. The first-order valence-corrected chi connectivity index (χ1v) is 7.33. The molecule has 0 aromatic carbocycles. The Labute approximate surface area is 120 Å². The topological polar surface area (TPSA) is 78.9 Å². The van der Waals surface area contributed by atoms with Gasteiger partial charge in [0.15, 0.2) is 0 Å². The van der Waals surface area contributed by atoms with Gasteiger partial charge in [-0.15, -0.1) is 0 Å². The van der Waals surface area contributed by atoms with Crippen molar-refractivity contribution in [1.29, 1.82) is 0 Å². The standard InChI is InChI=1S/C14H26N2O4/c1-3-20-13(18)9-16-6-4-12(5-7-16)14(19)15-8-11(2)10-17/h11-12,17H,3-10H2,1-2H3,(H,15,19). The van der Waals surface area contributed by atoms with Gasteiger partial charge in [0.2, 0.25) is 5.91 Å². The Morgan fingerprint density at radius 3 is 2.60 bits per heavy atom. The summed E-state index contributed by atoms with van der Waals surface area (Å²) in [7, 11) is 0. The summed E-state index contributed by atoms with van der Waals surface area (Å²) in [5.41, 5.74) is 0. The molecule has 0 saturated carbocycles. The summed E-state index contributed by atoms with van der Waals surface area (Å²) in [5.74, 6) is -0.0459. The predicted octanol–water partition coefficient (Wildman–Crippen LogP) is 0.00610. The van der Waals surface area contributed by atoms with Crippen LogP contribution in [-0.4, -0.2) is 61.3 Å². The highest BCUT2D eigenvalue weighted by atomic mass is 16.5. The lowest BCUT2D eigenvalue weighted by Crippen LogP contribution is -2.43. The average Bonchev–Trinajstić information content (AvgIpc) is 2.45. The number of hydrogen-bond acceptors (Lipinski definition) is 5. The smallest absolute Gasteiger partial charge is 0.320 e. The van der Waals surface area contributed by atoms with Gasteiger partial charge in [-0.2, -0.15) is 0 Å².